The second-order valence-electron chi connectivity index (χ2n) is 6.81. The van der Waals surface area contributed by atoms with E-state index in [1.54, 1.807) is 53.9 Å². The molecule has 30 heavy (non-hydrogen) atoms. The molecular formula is C22H25ClN4O3. The standard InChI is InChI=1S/C22H25ClN4O3/c1-4-26(5-2)12-13-30-22(29)16-6-8-18(9-7-16)25-21(28)20-15(3)24-19-14-17(23)10-11-27(19)20/h6-11,14H,4-5,12-13H2,1-3H3,(H,25,28). The Labute approximate surface area is 180 Å². The van der Waals surface area contributed by atoms with Gasteiger partial charge in [-0.2, -0.15) is 0 Å². The molecule has 158 valence electrons. The first-order valence-electron chi connectivity index (χ1n) is 9.88. The topological polar surface area (TPSA) is 75.9 Å². The third-order valence-electron chi connectivity index (χ3n) is 4.89. The van der Waals surface area contributed by atoms with Gasteiger partial charge in [0.25, 0.3) is 5.91 Å². The van der Waals surface area contributed by atoms with Crippen LogP contribution in [0.4, 0.5) is 5.69 Å². The minimum absolute atomic E-state index is 0.295. The monoisotopic (exact) mass is 428 g/mol. The van der Waals surface area contributed by atoms with E-state index in [0.29, 0.717) is 46.5 Å². The number of aryl methyl sites for hydroxylation is 1. The largest absolute Gasteiger partial charge is 0.461 e. The van der Waals surface area contributed by atoms with Crippen LogP contribution in [0.1, 0.15) is 40.4 Å². The predicted octanol–water partition coefficient (Wildman–Crippen LogP) is 4.05. The number of hydrogen-bond donors (Lipinski definition) is 1. The Morgan fingerprint density at radius 2 is 1.87 bits per heavy atom. The summed E-state index contributed by atoms with van der Waals surface area (Å²) in [7, 11) is 0. The first-order valence-corrected chi connectivity index (χ1v) is 10.3. The quantitative estimate of drug-likeness (QED) is 0.548. The summed E-state index contributed by atoms with van der Waals surface area (Å²) in [6.07, 6.45) is 1.71. The van der Waals surface area contributed by atoms with Gasteiger partial charge in [0.05, 0.1) is 11.3 Å². The predicted molar refractivity (Wildman–Crippen MR) is 117 cm³/mol. The van der Waals surface area contributed by atoms with Crippen molar-refractivity contribution in [2.24, 2.45) is 0 Å². The maximum absolute atomic E-state index is 12.8. The summed E-state index contributed by atoms with van der Waals surface area (Å²) >= 11 is 6.00. The molecule has 0 aliphatic carbocycles. The number of carbonyl (C=O) groups excluding carboxylic acids is 2. The van der Waals surface area contributed by atoms with Crippen molar-refractivity contribution in [1.82, 2.24) is 14.3 Å². The summed E-state index contributed by atoms with van der Waals surface area (Å²) in [5.74, 6) is -0.675. The molecule has 1 amide bonds. The Morgan fingerprint density at radius 3 is 2.53 bits per heavy atom. The highest BCUT2D eigenvalue weighted by Gasteiger charge is 2.17. The number of anilines is 1. The van der Waals surface area contributed by atoms with E-state index in [1.165, 1.54) is 0 Å². The van der Waals surface area contributed by atoms with Crippen molar-refractivity contribution in [3.63, 3.8) is 0 Å². The molecule has 1 N–H and O–H groups in total. The summed E-state index contributed by atoms with van der Waals surface area (Å²) in [5.41, 5.74) is 2.65. The highest BCUT2D eigenvalue weighted by Crippen LogP contribution is 2.18. The number of rotatable bonds is 8. The van der Waals surface area contributed by atoms with E-state index in [-0.39, 0.29) is 11.9 Å². The van der Waals surface area contributed by atoms with E-state index in [4.69, 9.17) is 16.3 Å². The van der Waals surface area contributed by atoms with Gasteiger partial charge in [0.2, 0.25) is 0 Å². The molecule has 3 aromatic rings. The lowest BCUT2D eigenvalue weighted by molar-refractivity contribution is 0.0466. The number of likely N-dealkylation sites (N-methyl/N-ethyl adjacent to an activating group) is 1. The minimum atomic E-state index is -0.380. The molecule has 0 bridgehead atoms. The molecule has 0 spiro atoms. The van der Waals surface area contributed by atoms with Crippen LogP contribution in [-0.2, 0) is 4.74 Å². The molecule has 7 nitrogen and oxygen atoms in total. The molecule has 8 heteroatoms. The molecular weight excluding hydrogens is 404 g/mol. The lowest BCUT2D eigenvalue weighted by Gasteiger charge is -2.17. The average Bonchev–Trinajstić information content (AvgIpc) is 3.06. The molecule has 0 atom stereocenters. The maximum Gasteiger partial charge on any atom is 0.338 e. The second-order valence-corrected chi connectivity index (χ2v) is 7.25. The number of nitrogens with zero attached hydrogens (tertiary/aromatic N) is 3. The molecule has 3 rings (SSSR count). The smallest absolute Gasteiger partial charge is 0.338 e. The highest BCUT2D eigenvalue weighted by molar-refractivity contribution is 6.30. The number of benzene rings is 1. The molecule has 2 heterocycles. The number of fused-ring (bicyclic) bond motifs is 1. The summed E-state index contributed by atoms with van der Waals surface area (Å²) in [5, 5.41) is 3.39. The fourth-order valence-corrected chi connectivity index (χ4v) is 3.34. The van der Waals surface area contributed by atoms with Gasteiger partial charge in [-0.3, -0.25) is 9.20 Å². The molecule has 0 aliphatic heterocycles. The van der Waals surface area contributed by atoms with Gasteiger partial charge < -0.3 is 15.0 Å². The van der Waals surface area contributed by atoms with Gasteiger partial charge in [-0.05, 0) is 50.3 Å². The van der Waals surface area contributed by atoms with Crippen molar-refractivity contribution in [2.75, 3.05) is 31.6 Å². The summed E-state index contributed by atoms with van der Waals surface area (Å²) < 4.78 is 7.02. The summed E-state index contributed by atoms with van der Waals surface area (Å²) in [4.78, 5) is 31.5. The van der Waals surface area contributed by atoms with E-state index in [2.05, 4.69) is 29.0 Å². The number of imidazole rings is 1. The molecule has 0 radical (unpaired) electrons. The van der Waals surface area contributed by atoms with Crippen LogP contribution in [0.15, 0.2) is 42.6 Å². The van der Waals surface area contributed by atoms with Gasteiger partial charge in [-0.1, -0.05) is 25.4 Å². The average molecular weight is 429 g/mol. The number of ether oxygens (including phenoxy) is 1. The molecule has 1 aromatic carbocycles. The second kappa shape index (κ2) is 9.73. The third-order valence-corrected chi connectivity index (χ3v) is 5.13. The number of hydrogen-bond acceptors (Lipinski definition) is 5. The van der Waals surface area contributed by atoms with Crippen LogP contribution >= 0.6 is 11.6 Å². The number of halogens is 1. The number of nitrogens with one attached hydrogen (secondary N) is 1. The normalized spacial score (nSPS) is 11.1. The summed E-state index contributed by atoms with van der Waals surface area (Å²) in [6, 6.07) is 10.0. The van der Waals surface area contributed by atoms with Crippen LogP contribution in [0.3, 0.4) is 0 Å². The van der Waals surface area contributed by atoms with Crippen LogP contribution in [0.5, 0.6) is 0 Å². The van der Waals surface area contributed by atoms with Crippen molar-refractivity contribution >= 4 is 34.8 Å². The SMILES string of the molecule is CCN(CC)CCOC(=O)c1ccc(NC(=O)c2c(C)nc3cc(Cl)ccn23)cc1. The molecule has 0 saturated carbocycles. The number of aromatic nitrogens is 2. The van der Waals surface area contributed by atoms with Gasteiger partial charge in [0, 0.05) is 29.5 Å². The lowest BCUT2D eigenvalue weighted by atomic mass is 10.2. The fourth-order valence-electron chi connectivity index (χ4n) is 3.18. The third kappa shape index (κ3) is 4.98. The Balaban J connectivity index is 1.64. The van der Waals surface area contributed by atoms with Crippen LogP contribution < -0.4 is 5.32 Å². The molecule has 0 saturated heterocycles. The first kappa shape index (κ1) is 21.8. The van der Waals surface area contributed by atoms with Gasteiger partial charge in [-0.25, -0.2) is 9.78 Å². The lowest BCUT2D eigenvalue weighted by Crippen LogP contribution is -2.27. The van der Waals surface area contributed by atoms with E-state index < -0.39 is 0 Å². The number of pyridine rings is 1. The van der Waals surface area contributed by atoms with Crippen molar-refractivity contribution < 1.29 is 14.3 Å². The van der Waals surface area contributed by atoms with Gasteiger partial charge in [0.1, 0.15) is 17.9 Å². The zero-order valence-electron chi connectivity index (χ0n) is 17.3. The highest BCUT2D eigenvalue weighted by atomic mass is 35.5. The number of esters is 1. The molecule has 0 aliphatic rings. The Bertz CT molecular complexity index is 1040. The Morgan fingerprint density at radius 1 is 1.17 bits per heavy atom. The zero-order chi connectivity index (χ0) is 21.7. The Kier molecular flexibility index (Phi) is 7.07. The fraction of sp³-hybridized carbons (Fsp3) is 0.318. The Hall–Kier alpha value is -2.90. The minimum Gasteiger partial charge on any atom is -0.461 e. The van der Waals surface area contributed by atoms with Crippen LogP contribution in [0.2, 0.25) is 5.02 Å². The number of carbonyl (C=O) groups is 2. The number of amides is 1. The van der Waals surface area contributed by atoms with Crippen molar-refractivity contribution in [3.05, 3.63) is 64.6 Å². The van der Waals surface area contributed by atoms with Crippen LogP contribution in [-0.4, -0.2) is 52.4 Å². The van der Waals surface area contributed by atoms with Gasteiger partial charge >= 0.3 is 5.97 Å². The van der Waals surface area contributed by atoms with E-state index in [9.17, 15) is 9.59 Å². The zero-order valence-corrected chi connectivity index (χ0v) is 18.1. The van der Waals surface area contributed by atoms with Crippen molar-refractivity contribution in [3.8, 4) is 0 Å². The van der Waals surface area contributed by atoms with E-state index in [1.807, 2.05) is 0 Å². The van der Waals surface area contributed by atoms with Crippen LogP contribution in [0.25, 0.3) is 5.65 Å². The van der Waals surface area contributed by atoms with Gasteiger partial charge in [-0.15, -0.1) is 0 Å². The molecule has 0 fully saturated rings. The van der Waals surface area contributed by atoms with Gasteiger partial charge in [0.15, 0.2) is 0 Å². The van der Waals surface area contributed by atoms with E-state index >= 15 is 0 Å². The molecule has 2 aromatic heterocycles. The van der Waals surface area contributed by atoms with Crippen molar-refractivity contribution in [1.29, 1.82) is 0 Å². The van der Waals surface area contributed by atoms with Crippen molar-refractivity contribution in [2.45, 2.75) is 20.8 Å². The maximum atomic E-state index is 12.8. The molecule has 0 unspecified atom stereocenters. The summed E-state index contributed by atoms with van der Waals surface area (Å²) in [6.45, 7) is 8.80. The van der Waals surface area contributed by atoms with Crippen LogP contribution in [0, 0.1) is 6.92 Å². The van der Waals surface area contributed by atoms with E-state index in [0.717, 1.165) is 13.1 Å². The first-order chi connectivity index (χ1) is 14.4.